The number of aryl methyl sites for hydroxylation is 1. The topological polar surface area (TPSA) is 86.8 Å². The molecule has 162 valence electrons. The number of carbonyl (C=O) groups is 2. The second kappa shape index (κ2) is 9.71. The van der Waals surface area contributed by atoms with E-state index in [0.717, 1.165) is 23.4 Å². The molecular weight excluding hydrogens is 409 g/mol. The summed E-state index contributed by atoms with van der Waals surface area (Å²) in [5.41, 5.74) is 1.59. The number of benzene rings is 2. The van der Waals surface area contributed by atoms with Gasteiger partial charge in [-0.05, 0) is 31.5 Å². The summed E-state index contributed by atoms with van der Waals surface area (Å²) in [6.07, 6.45) is 0.902. The molecule has 30 heavy (non-hydrogen) atoms. The standard InChI is InChI=1S/C21H26FN3O4S/c1-15-9-11-17(12-10-15)13-24(16(2)21(27)23-3)20(26)14-25(30(4,28)29)19-8-6-5-7-18(19)22/h5-12,16H,13-14H2,1-4H3,(H,23,27)/t16-/m1/s1. The van der Waals surface area contributed by atoms with Gasteiger partial charge in [0, 0.05) is 13.6 Å². The van der Waals surface area contributed by atoms with Gasteiger partial charge >= 0.3 is 0 Å². The predicted octanol–water partition coefficient (Wildman–Crippen LogP) is 2.06. The minimum atomic E-state index is -3.95. The highest BCUT2D eigenvalue weighted by atomic mass is 32.2. The lowest BCUT2D eigenvalue weighted by atomic mass is 10.1. The van der Waals surface area contributed by atoms with E-state index in [1.807, 2.05) is 31.2 Å². The van der Waals surface area contributed by atoms with Gasteiger partial charge in [-0.3, -0.25) is 13.9 Å². The van der Waals surface area contributed by atoms with E-state index in [4.69, 9.17) is 0 Å². The van der Waals surface area contributed by atoms with Crippen molar-refractivity contribution in [3.8, 4) is 0 Å². The fourth-order valence-corrected chi connectivity index (χ4v) is 3.78. The third kappa shape index (κ3) is 5.79. The summed E-state index contributed by atoms with van der Waals surface area (Å²) in [6.45, 7) is 2.95. The van der Waals surface area contributed by atoms with Crippen LogP contribution in [-0.2, 0) is 26.2 Å². The molecular formula is C21H26FN3O4S. The minimum Gasteiger partial charge on any atom is -0.357 e. The molecule has 0 bridgehead atoms. The Hall–Kier alpha value is -2.94. The number of carbonyl (C=O) groups excluding carboxylic acids is 2. The monoisotopic (exact) mass is 435 g/mol. The SMILES string of the molecule is CNC(=O)[C@@H](C)N(Cc1ccc(C)cc1)C(=O)CN(c1ccccc1F)S(C)(=O)=O. The number of nitrogens with zero attached hydrogens (tertiary/aromatic N) is 2. The van der Waals surface area contributed by atoms with Crippen molar-refractivity contribution in [1.29, 1.82) is 0 Å². The van der Waals surface area contributed by atoms with E-state index in [2.05, 4.69) is 5.32 Å². The van der Waals surface area contributed by atoms with Crippen LogP contribution in [0, 0.1) is 12.7 Å². The normalized spacial score (nSPS) is 12.2. The van der Waals surface area contributed by atoms with Crippen LogP contribution in [-0.4, -0.2) is 51.0 Å². The Labute approximate surface area is 176 Å². The van der Waals surface area contributed by atoms with Crippen LogP contribution in [0.15, 0.2) is 48.5 Å². The zero-order chi connectivity index (χ0) is 22.5. The highest BCUT2D eigenvalue weighted by molar-refractivity contribution is 7.92. The minimum absolute atomic E-state index is 0.0998. The Balaban J connectivity index is 2.38. The van der Waals surface area contributed by atoms with Crippen molar-refractivity contribution in [2.75, 3.05) is 24.2 Å². The Morgan fingerprint density at radius 2 is 1.70 bits per heavy atom. The molecule has 0 fully saturated rings. The number of hydrogen-bond acceptors (Lipinski definition) is 4. The van der Waals surface area contributed by atoms with Crippen LogP contribution in [0.2, 0.25) is 0 Å². The molecule has 0 radical (unpaired) electrons. The largest absolute Gasteiger partial charge is 0.357 e. The Morgan fingerprint density at radius 3 is 2.23 bits per heavy atom. The first-order chi connectivity index (χ1) is 14.0. The van der Waals surface area contributed by atoms with Gasteiger partial charge in [-0.25, -0.2) is 12.8 Å². The maximum Gasteiger partial charge on any atom is 0.244 e. The number of sulfonamides is 1. The van der Waals surface area contributed by atoms with Gasteiger partial charge in [0.2, 0.25) is 21.8 Å². The van der Waals surface area contributed by atoms with Gasteiger partial charge in [-0.1, -0.05) is 42.0 Å². The maximum absolute atomic E-state index is 14.3. The summed E-state index contributed by atoms with van der Waals surface area (Å²) in [5, 5.41) is 2.49. The fourth-order valence-electron chi connectivity index (χ4n) is 2.93. The van der Waals surface area contributed by atoms with Crippen molar-refractivity contribution in [3.05, 3.63) is 65.5 Å². The number of rotatable bonds is 8. The smallest absolute Gasteiger partial charge is 0.244 e. The van der Waals surface area contributed by atoms with Crippen LogP contribution in [0.4, 0.5) is 10.1 Å². The second-order valence-corrected chi connectivity index (χ2v) is 8.93. The molecule has 0 heterocycles. The van der Waals surface area contributed by atoms with Crippen molar-refractivity contribution in [3.63, 3.8) is 0 Å². The zero-order valence-electron chi connectivity index (χ0n) is 17.4. The van der Waals surface area contributed by atoms with Crippen molar-refractivity contribution in [2.45, 2.75) is 26.4 Å². The van der Waals surface area contributed by atoms with Gasteiger partial charge in [0.25, 0.3) is 0 Å². The van der Waals surface area contributed by atoms with Crippen molar-refractivity contribution >= 4 is 27.5 Å². The molecule has 0 aliphatic heterocycles. The number of para-hydroxylation sites is 1. The number of likely N-dealkylation sites (N-methyl/N-ethyl adjacent to an activating group) is 1. The first kappa shape index (κ1) is 23.3. The molecule has 2 amide bonds. The van der Waals surface area contributed by atoms with Crippen molar-refractivity contribution in [2.24, 2.45) is 0 Å². The number of amides is 2. The van der Waals surface area contributed by atoms with E-state index in [0.29, 0.717) is 4.31 Å². The molecule has 0 aliphatic rings. The lowest BCUT2D eigenvalue weighted by molar-refractivity contribution is -0.139. The quantitative estimate of drug-likeness (QED) is 0.688. The van der Waals surface area contributed by atoms with Gasteiger partial charge < -0.3 is 10.2 Å². The van der Waals surface area contributed by atoms with Crippen LogP contribution in [0.3, 0.4) is 0 Å². The van der Waals surface area contributed by atoms with E-state index in [-0.39, 0.29) is 12.2 Å². The van der Waals surface area contributed by atoms with Gasteiger partial charge in [0.15, 0.2) is 0 Å². The molecule has 0 saturated carbocycles. The third-order valence-electron chi connectivity index (χ3n) is 4.69. The van der Waals surface area contributed by atoms with E-state index < -0.39 is 40.2 Å². The van der Waals surface area contributed by atoms with Gasteiger partial charge in [0.05, 0.1) is 11.9 Å². The Bertz CT molecular complexity index is 1010. The van der Waals surface area contributed by atoms with Gasteiger partial charge in [-0.15, -0.1) is 0 Å². The molecule has 1 atom stereocenters. The average Bonchev–Trinajstić information content (AvgIpc) is 2.70. The van der Waals surface area contributed by atoms with Crippen LogP contribution in [0.1, 0.15) is 18.1 Å². The lowest BCUT2D eigenvalue weighted by Gasteiger charge is -2.31. The number of nitrogens with one attached hydrogen (secondary N) is 1. The first-order valence-electron chi connectivity index (χ1n) is 9.33. The molecule has 0 saturated heterocycles. The van der Waals surface area contributed by atoms with Crippen molar-refractivity contribution < 1.29 is 22.4 Å². The van der Waals surface area contributed by atoms with Crippen LogP contribution < -0.4 is 9.62 Å². The summed E-state index contributed by atoms with van der Waals surface area (Å²) in [7, 11) is -2.50. The fraction of sp³-hybridized carbons (Fsp3) is 0.333. The van der Waals surface area contributed by atoms with E-state index in [1.165, 1.54) is 30.1 Å². The molecule has 0 spiro atoms. The number of anilines is 1. The Kier molecular flexibility index (Phi) is 7.55. The molecule has 0 aliphatic carbocycles. The predicted molar refractivity (Wildman–Crippen MR) is 114 cm³/mol. The van der Waals surface area contributed by atoms with E-state index in [9.17, 15) is 22.4 Å². The molecule has 2 rings (SSSR count). The highest BCUT2D eigenvalue weighted by Gasteiger charge is 2.30. The Morgan fingerprint density at radius 1 is 1.10 bits per heavy atom. The first-order valence-corrected chi connectivity index (χ1v) is 11.2. The molecule has 7 nitrogen and oxygen atoms in total. The molecule has 1 N–H and O–H groups in total. The molecule has 2 aromatic rings. The van der Waals surface area contributed by atoms with Gasteiger partial charge in [0.1, 0.15) is 18.4 Å². The molecule has 9 heteroatoms. The van der Waals surface area contributed by atoms with Gasteiger partial charge in [-0.2, -0.15) is 0 Å². The highest BCUT2D eigenvalue weighted by Crippen LogP contribution is 2.22. The summed E-state index contributed by atoms with van der Waals surface area (Å²) < 4.78 is 39.6. The maximum atomic E-state index is 14.3. The van der Waals surface area contributed by atoms with E-state index >= 15 is 0 Å². The number of halogens is 1. The third-order valence-corrected chi connectivity index (χ3v) is 5.81. The second-order valence-electron chi connectivity index (χ2n) is 7.02. The summed E-state index contributed by atoms with van der Waals surface area (Å²) in [5.74, 6) is -1.78. The molecule has 0 unspecified atom stereocenters. The summed E-state index contributed by atoms with van der Waals surface area (Å²) in [4.78, 5) is 26.6. The summed E-state index contributed by atoms with van der Waals surface area (Å²) in [6, 6.07) is 11.9. The van der Waals surface area contributed by atoms with Crippen LogP contribution in [0.25, 0.3) is 0 Å². The average molecular weight is 436 g/mol. The van der Waals surface area contributed by atoms with E-state index in [1.54, 1.807) is 6.92 Å². The lowest BCUT2D eigenvalue weighted by Crippen LogP contribution is -2.50. The van der Waals surface area contributed by atoms with Crippen LogP contribution in [0.5, 0.6) is 0 Å². The van der Waals surface area contributed by atoms with Crippen molar-refractivity contribution in [1.82, 2.24) is 10.2 Å². The molecule has 0 aromatic heterocycles. The molecule has 2 aromatic carbocycles. The zero-order valence-corrected chi connectivity index (χ0v) is 18.2. The van der Waals surface area contributed by atoms with Crippen LogP contribution >= 0.6 is 0 Å². The number of hydrogen-bond donors (Lipinski definition) is 1. The summed E-state index contributed by atoms with van der Waals surface area (Å²) >= 11 is 0.